The number of carbonyl (C=O) groups is 1. The van der Waals surface area contributed by atoms with E-state index in [9.17, 15) is 13.6 Å². The number of methoxy groups -OCH3 is 1. The van der Waals surface area contributed by atoms with Crippen LogP contribution in [0.4, 0.5) is 8.78 Å². The van der Waals surface area contributed by atoms with Crippen molar-refractivity contribution in [3.05, 3.63) is 59.9 Å². The maximum atomic E-state index is 12.4. The molecule has 0 bridgehead atoms. The minimum Gasteiger partial charge on any atom is -0.497 e. The Morgan fingerprint density at radius 3 is 2.73 bits per heavy atom. The molecule has 26 heavy (non-hydrogen) atoms. The zero-order valence-electron chi connectivity index (χ0n) is 13.9. The largest absolute Gasteiger partial charge is 0.497 e. The van der Waals surface area contributed by atoms with E-state index in [1.807, 2.05) is 0 Å². The average Bonchev–Trinajstić information content (AvgIpc) is 3.02. The van der Waals surface area contributed by atoms with Crippen molar-refractivity contribution in [2.75, 3.05) is 7.11 Å². The van der Waals surface area contributed by atoms with E-state index in [4.69, 9.17) is 13.9 Å². The molecule has 7 heteroatoms. The number of benzene rings is 2. The van der Waals surface area contributed by atoms with Gasteiger partial charge in [0.1, 0.15) is 23.7 Å². The summed E-state index contributed by atoms with van der Waals surface area (Å²) >= 11 is 0. The van der Waals surface area contributed by atoms with Crippen LogP contribution in [-0.2, 0) is 22.6 Å². The number of alkyl halides is 2. The summed E-state index contributed by atoms with van der Waals surface area (Å²) in [6.07, 6.45) is 1.48. The lowest BCUT2D eigenvalue weighted by Gasteiger charge is -2.10. The summed E-state index contributed by atoms with van der Waals surface area (Å²) in [5.41, 5.74) is 1.63. The second kappa shape index (κ2) is 7.86. The number of carbonyl (C=O) groups excluding carboxylic acids is 1. The van der Waals surface area contributed by atoms with Crippen molar-refractivity contribution in [1.29, 1.82) is 0 Å². The van der Waals surface area contributed by atoms with E-state index in [-0.39, 0.29) is 18.8 Å². The predicted octanol–water partition coefficient (Wildman–Crippen LogP) is 4.33. The molecule has 1 aromatic heterocycles. The van der Waals surface area contributed by atoms with Crippen LogP contribution in [0.15, 0.2) is 53.1 Å². The van der Waals surface area contributed by atoms with Gasteiger partial charge < -0.3 is 18.6 Å². The SMILES string of the molecule is COc1ccc2c(CC(=O)OCc3ccccc3OC(F)F)coc2c1. The van der Waals surface area contributed by atoms with Crippen LogP contribution < -0.4 is 9.47 Å². The number of ether oxygens (including phenoxy) is 3. The fraction of sp³-hybridized carbons (Fsp3) is 0.211. The van der Waals surface area contributed by atoms with Crippen molar-refractivity contribution in [2.24, 2.45) is 0 Å². The van der Waals surface area contributed by atoms with Crippen molar-refractivity contribution in [3.63, 3.8) is 0 Å². The van der Waals surface area contributed by atoms with E-state index in [0.29, 0.717) is 22.5 Å². The molecule has 3 aromatic rings. The molecule has 0 aliphatic carbocycles. The van der Waals surface area contributed by atoms with Gasteiger partial charge >= 0.3 is 12.6 Å². The van der Waals surface area contributed by atoms with Gasteiger partial charge in [0.05, 0.1) is 19.8 Å². The van der Waals surface area contributed by atoms with Crippen LogP contribution in [-0.4, -0.2) is 19.7 Å². The van der Waals surface area contributed by atoms with Crippen molar-refractivity contribution >= 4 is 16.9 Å². The van der Waals surface area contributed by atoms with Crippen molar-refractivity contribution in [2.45, 2.75) is 19.6 Å². The van der Waals surface area contributed by atoms with Crippen molar-refractivity contribution in [1.82, 2.24) is 0 Å². The molecule has 0 spiro atoms. The molecule has 0 radical (unpaired) electrons. The van der Waals surface area contributed by atoms with Gasteiger partial charge in [0, 0.05) is 22.6 Å². The highest BCUT2D eigenvalue weighted by Crippen LogP contribution is 2.26. The minimum absolute atomic E-state index is 0.00278. The Balaban J connectivity index is 1.65. The fourth-order valence-electron chi connectivity index (χ4n) is 2.53. The summed E-state index contributed by atoms with van der Waals surface area (Å²) in [6.45, 7) is -3.10. The summed E-state index contributed by atoms with van der Waals surface area (Å²) < 4.78 is 45.0. The van der Waals surface area contributed by atoms with Gasteiger partial charge in [0.15, 0.2) is 0 Å². The first-order valence-electron chi connectivity index (χ1n) is 7.79. The van der Waals surface area contributed by atoms with E-state index >= 15 is 0 Å². The molecule has 0 amide bonds. The van der Waals surface area contributed by atoms with Crippen molar-refractivity contribution in [3.8, 4) is 11.5 Å². The number of esters is 1. The van der Waals surface area contributed by atoms with Crippen LogP contribution in [0, 0.1) is 0 Å². The van der Waals surface area contributed by atoms with Crippen LogP contribution >= 0.6 is 0 Å². The predicted molar refractivity (Wildman–Crippen MR) is 89.3 cm³/mol. The molecular weight excluding hydrogens is 346 g/mol. The third-order valence-electron chi connectivity index (χ3n) is 3.77. The summed E-state index contributed by atoms with van der Waals surface area (Å²) in [4.78, 5) is 12.1. The van der Waals surface area contributed by atoms with Gasteiger partial charge in [0.25, 0.3) is 0 Å². The topological polar surface area (TPSA) is 57.9 Å². The maximum absolute atomic E-state index is 12.4. The van der Waals surface area contributed by atoms with Gasteiger partial charge in [-0.1, -0.05) is 18.2 Å². The molecular formula is C19H16F2O5. The highest BCUT2D eigenvalue weighted by atomic mass is 19.3. The molecule has 136 valence electrons. The Bertz CT molecular complexity index is 904. The lowest BCUT2D eigenvalue weighted by molar-refractivity contribution is -0.144. The summed E-state index contributed by atoms with van der Waals surface area (Å²) in [7, 11) is 1.55. The first kappa shape index (κ1) is 17.7. The molecule has 0 saturated carbocycles. The zero-order chi connectivity index (χ0) is 18.5. The van der Waals surface area contributed by atoms with E-state index in [0.717, 1.165) is 5.39 Å². The molecule has 0 unspecified atom stereocenters. The van der Waals surface area contributed by atoms with Crippen LogP contribution in [0.2, 0.25) is 0 Å². The summed E-state index contributed by atoms with van der Waals surface area (Å²) in [5.74, 6) is 0.128. The number of hydrogen-bond donors (Lipinski definition) is 0. The lowest BCUT2D eigenvalue weighted by Crippen LogP contribution is -2.10. The smallest absolute Gasteiger partial charge is 0.387 e. The number of furan rings is 1. The standard InChI is InChI=1S/C19H16F2O5/c1-23-14-6-7-15-13(11-24-17(15)9-14)8-18(22)25-10-12-4-2-3-5-16(12)26-19(20)21/h2-7,9,11,19H,8,10H2,1H3. The normalized spacial score (nSPS) is 10.9. The Labute approximate surface area is 148 Å². The molecule has 3 rings (SSSR count). The third kappa shape index (κ3) is 4.11. The highest BCUT2D eigenvalue weighted by Gasteiger charge is 2.14. The molecule has 2 aromatic carbocycles. The Kier molecular flexibility index (Phi) is 5.36. The summed E-state index contributed by atoms with van der Waals surface area (Å²) in [5, 5.41) is 0.782. The number of rotatable bonds is 7. The number of para-hydroxylation sites is 1. The quantitative estimate of drug-likeness (QED) is 0.586. The van der Waals surface area contributed by atoms with Gasteiger partial charge in [-0.15, -0.1) is 0 Å². The van der Waals surface area contributed by atoms with Crippen molar-refractivity contribution < 1.29 is 32.2 Å². The summed E-state index contributed by atoms with van der Waals surface area (Å²) in [6, 6.07) is 11.5. The van der Waals surface area contributed by atoms with Crippen LogP contribution in [0.5, 0.6) is 11.5 Å². The monoisotopic (exact) mass is 362 g/mol. The van der Waals surface area contributed by atoms with Gasteiger partial charge in [0.2, 0.25) is 0 Å². The van der Waals surface area contributed by atoms with Crippen LogP contribution in [0.1, 0.15) is 11.1 Å². The third-order valence-corrected chi connectivity index (χ3v) is 3.77. The van der Waals surface area contributed by atoms with E-state index < -0.39 is 12.6 Å². The zero-order valence-corrected chi connectivity index (χ0v) is 13.9. The molecule has 0 fully saturated rings. The van der Waals surface area contributed by atoms with Gasteiger partial charge in [-0.05, 0) is 18.2 Å². The molecule has 5 nitrogen and oxygen atoms in total. The lowest BCUT2D eigenvalue weighted by atomic mass is 10.1. The molecule has 0 atom stereocenters. The van der Waals surface area contributed by atoms with E-state index in [1.54, 1.807) is 43.5 Å². The average molecular weight is 362 g/mol. The number of halogens is 2. The molecule has 0 aliphatic heterocycles. The Morgan fingerprint density at radius 2 is 1.96 bits per heavy atom. The second-order valence-electron chi connectivity index (χ2n) is 5.45. The minimum atomic E-state index is -2.94. The number of fused-ring (bicyclic) bond motifs is 1. The molecule has 0 aliphatic rings. The van der Waals surface area contributed by atoms with Gasteiger partial charge in [-0.2, -0.15) is 8.78 Å². The first-order chi connectivity index (χ1) is 12.6. The number of hydrogen-bond acceptors (Lipinski definition) is 5. The van der Waals surface area contributed by atoms with Gasteiger partial charge in [-0.3, -0.25) is 4.79 Å². The maximum Gasteiger partial charge on any atom is 0.387 e. The van der Waals surface area contributed by atoms with Crippen LogP contribution in [0.3, 0.4) is 0 Å². The Hall–Kier alpha value is -3.09. The highest BCUT2D eigenvalue weighted by molar-refractivity contribution is 5.86. The first-order valence-corrected chi connectivity index (χ1v) is 7.79. The Morgan fingerprint density at radius 1 is 1.15 bits per heavy atom. The second-order valence-corrected chi connectivity index (χ2v) is 5.45. The molecule has 1 heterocycles. The van der Waals surface area contributed by atoms with E-state index in [2.05, 4.69) is 4.74 Å². The molecule has 0 N–H and O–H groups in total. The molecule has 0 saturated heterocycles. The van der Waals surface area contributed by atoms with E-state index in [1.165, 1.54) is 12.3 Å². The van der Waals surface area contributed by atoms with Gasteiger partial charge in [-0.25, -0.2) is 0 Å². The fourth-order valence-corrected chi connectivity index (χ4v) is 2.53. The van der Waals surface area contributed by atoms with Crippen LogP contribution in [0.25, 0.3) is 11.0 Å².